The van der Waals surface area contributed by atoms with Crippen molar-refractivity contribution >= 4 is 39.9 Å². The third kappa shape index (κ3) is 7.47. The number of Topliss-reactive ketones (excluding diaryl/α,β-unsaturated/α-hetero) is 1. The molecule has 1 fully saturated rings. The number of ether oxygens (including phenoxy) is 4. The summed E-state index contributed by atoms with van der Waals surface area (Å²) >= 11 is 0.952. The Bertz CT molecular complexity index is 1550. The highest BCUT2D eigenvalue weighted by atomic mass is 32.1. The lowest BCUT2D eigenvalue weighted by Gasteiger charge is -2.24. The fourth-order valence-electron chi connectivity index (χ4n) is 4.82. The molecular formula is C34H40N2O8S. The van der Waals surface area contributed by atoms with Gasteiger partial charge < -0.3 is 24.1 Å². The van der Waals surface area contributed by atoms with E-state index in [-0.39, 0.29) is 27.9 Å². The number of carbonyl (C=O) groups is 3. The van der Waals surface area contributed by atoms with Crippen LogP contribution in [0.25, 0.3) is 5.76 Å². The molecule has 0 radical (unpaired) electrons. The molecule has 0 bridgehead atoms. The van der Waals surface area contributed by atoms with E-state index < -0.39 is 23.7 Å². The maximum atomic E-state index is 13.7. The Kier molecular flexibility index (Phi) is 11.6. The Morgan fingerprint density at radius 1 is 0.911 bits per heavy atom. The van der Waals surface area contributed by atoms with E-state index in [0.29, 0.717) is 53.9 Å². The van der Waals surface area contributed by atoms with Crippen molar-refractivity contribution in [3.63, 3.8) is 0 Å². The van der Waals surface area contributed by atoms with Crippen molar-refractivity contribution in [3.8, 4) is 17.2 Å². The summed E-state index contributed by atoms with van der Waals surface area (Å²) in [6.07, 6.45) is 3.73. The van der Waals surface area contributed by atoms with Gasteiger partial charge in [-0.25, -0.2) is 9.78 Å². The summed E-state index contributed by atoms with van der Waals surface area (Å²) in [4.78, 5) is 46.0. The van der Waals surface area contributed by atoms with Crippen molar-refractivity contribution in [1.29, 1.82) is 0 Å². The maximum Gasteiger partial charge on any atom is 0.350 e. The number of thiazole rings is 1. The highest BCUT2D eigenvalue weighted by molar-refractivity contribution is 7.17. The van der Waals surface area contributed by atoms with E-state index in [1.54, 1.807) is 56.3 Å². The molecule has 10 nitrogen and oxygen atoms in total. The molecule has 11 heteroatoms. The summed E-state index contributed by atoms with van der Waals surface area (Å²) < 4.78 is 22.8. The second-order valence-electron chi connectivity index (χ2n) is 10.4. The first-order valence-corrected chi connectivity index (χ1v) is 16.1. The summed E-state index contributed by atoms with van der Waals surface area (Å²) in [7, 11) is 0. The van der Waals surface area contributed by atoms with Crippen LogP contribution in [-0.4, -0.2) is 54.2 Å². The Morgan fingerprint density at radius 3 is 2.24 bits per heavy atom. The Hall–Kier alpha value is -4.38. The number of hydrogen-bond donors (Lipinski definition) is 1. The van der Waals surface area contributed by atoms with Gasteiger partial charge in [0.25, 0.3) is 5.78 Å². The fraction of sp³-hybridized carbons (Fsp3) is 0.412. The van der Waals surface area contributed by atoms with Crippen LogP contribution in [0.4, 0.5) is 5.13 Å². The van der Waals surface area contributed by atoms with Gasteiger partial charge >= 0.3 is 11.9 Å². The number of hydrogen-bond acceptors (Lipinski definition) is 10. The largest absolute Gasteiger partial charge is 0.507 e. The third-order valence-corrected chi connectivity index (χ3v) is 8.27. The first kappa shape index (κ1) is 33.5. The molecule has 0 saturated carbocycles. The minimum Gasteiger partial charge on any atom is -0.507 e. The van der Waals surface area contributed by atoms with Crippen LogP contribution in [0.5, 0.6) is 17.2 Å². The zero-order chi connectivity index (χ0) is 32.5. The van der Waals surface area contributed by atoms with Crippen LogP contribution < -0.4 is 19.1 Å². The summed E-state index contributed by atoms with van der Waals surface area (Å²) in [5.74, 6) is -1.09. The van der Waals surface area contributed by atoms with E-state index in [1.807, 2.05) is 6.92 Å². The molecule has 1 unspecified atom stereocenters. The van der Waals surface area contributed by atoms with Crippen LogP contribution in [0.15, 0.2) is 48.0 Å². The number of aliphatic hydroxyl groups is 1. The van der Waals surface area contributed by atoms with Crippen LogP contribution in [0, 0.1) is 6.92 Å². The van der Waals surface area contributed by atoms with Crippen molar-refractivity contribution in [2.24, 2.45) is 0 Å². The van der Waals surface area contributed by atoms with Gasteiger partial charge in [0.1, 0.15) is 16.4 Å². The highest BCUT2D eigenvalue weighted by Crippen LogP contribution is 2.45. The normalized spacial score (nSPS) is 15.8. The number of nitrogens with zero attached hydrogens (tertiary/aromatic N) is 2. The molecule has 1 atom stereocenters. The van der Waals surface area contributed by atoms with E-state index in [1.165, 1.54) is 4.90 Å². The van der Waals surface area contributed by atoms with Gasteiger partial charge in [-0.05, 0) is 75.6 Å². The van der Waals surface area contributed by atoms with Gasteiger partial charge in [-0.3, -0.25) is 14.5 Å². The number of ketones is 1. The van der Waals surface area contributed by atoms with Gasteiger partial charge in [0.15, 0.2) is 16.6 Å². The second kappa shape index (κ2) is 15.6. The number of anilines is 1. The molecule has 0 spiro atoms. The van der Waals surface area contributed by atoms with Gasteiger partial charge in [0, 0.05) is 5.56 Å². The van der Waals surface area contributed by atoms with E-state index in [9.17, 15) is 19.5 Å². The molecule has 3 aromatic rings. The maximum absolute atomic E-state index is 13.7. The van der Waals surface area contributed by atoms with Crippen molar-refractivity contribution in [3.05, 3.63) is 69.7 Å². The summed E-state index contributed by atoms with van der Waals surface area (Å²) in [6.45, 7) is 10.9. The summed E-state index contributed by atoms with van der Waals surface area (Å²) in [5.41, 5.74) is 1.08. The minimum atomic E-state index is -1.07. The molecule has 1 aliphatic rings. The number of amides is 1. The van der Waals surface area contributed by atoms with E-state index in [0.717, 1.165) is 37.0 Å². The Balaban J connectivity index is 1.85. The third-order valence-electron chi connectivity index (χ3n) is 7.13. The predicted molar refractivity (Wildman–Crippen MR) is 172 cm³/mol. The lowest BCUT2D eigenvalue weighted by Crippen LogP contribution is -2.29. The van der Waals surface area contributed by atoms with E-state index in [2.05, 4.69) is 18.8 Å². The van der Waals surface area contributed by atoms with Crippen molar-refractivity contribution in [1.82, 2.24) is 4.98 Å². The van der Waals surface area contributed by atoms with Crippen molar-refractivity contribution in [2.45, 2.75) is 66.3 Å². The van der Waals surface area contributed by atoms with Crippen LogP contribution in [0.2, 0.25) is 0 Å². The Morgan fingerprint density at radius 2 is 1.60 bits per heavy atom. The SMILES string of the molecule is CCCCOc1ccc(/C(O)=C2\C(=O)C(=O)N(c3nc(C)c(C(=O)OCC)s3)C2c2ccc(OCCCC)c(OCC)c2)cc1. The van der Waals surface area contributed by atoms with Gasteiger partial charge in [-0.15, -0.1) is 0 Å². The smallest absolute Gasteiger partial charge is 0.350 e. The summed E-state index contributed by atoms with van der Waals surface area (Å²) in [5, 5.41) is 11.7. The number of aliphatic hydroxyl groups excluding tert-OH is 1. The summed E-state index contributed by atoms with van der Waals surface area (Å²) in [6, 6.07) is 10.8. The van der Waals surface area contributed by atoms with Gasteiger partial charge in [0.2, 0.25) is 0 Å². The second-order valence-corrected chi connectivity index (χ2v) is 11.3. The number of carbonyl (C=O) groups excluding carboxylic acids is 3. The molecule has 1 aromatic heterocycles. The molecule has 45 heavy (non-hydrogen) atoms. The van der Waals surface area contributed by atoms with E-state index >= 15 is 0 Å². The highest BCUT2D eigenvalue weighted by Gasteiger charge is 2.48. The lowest BCUT2D eigenvalue weighted by atomic mass is 9.95. The molecule has 4 rings (SSSR count). The van der Waals surface area contributed by atoms with Crippen molar-refractivity contribution < 1.29 is 38.4 Å². The standard InChI is InChI=1S/C34H40N2O8S/c1-6-10-18-43-24-15-12-22(13-16-24)29(37)27-28(23-14-17-25(44-19-11-7-2)26(20-23)41-8-3)36(32(39)30(27)38)34-35-21(5)31(45-34)33(40)42-9-4/h12-17,20,28,37H,6-11,18-19H2,1-5H3/b29-27+. The molecule has 240 valence electrons. The molecule has 1 saturated heterocycles. The molecule has 2 aromatic carbocycles. The monoisotopic (exact) mass is 636 g/mol. The minimum absolute atomic E-state index is 0.118. The number of aryl methyl sites for hydroxylation is 1. The molecule has 1 aliphatic heterocycles. The topological polar surface area (TPSA) is 124 Å². The quantitative estimate of drug-likeness (QED) is 0.0617. The average Bonchev–Trinajstić information content (AvgIpc) is 3.54. The van der Waals surface area contributed by atoms with E-state index in [4.69, 9.17) is 18.9 Å². The van der Waals surface area contributed by atoms with Crippen LogP contribution in [-0.2, 0) is 14.3 Å². The van der Waals surface area contributed by atoms with Gasteiger partial charge in [-0.2, -0.15) is 0 Å². The van der Waals surface area contributed by atoms with Crippen LogP contribution in [0.3, 0.4) is 0 Å². The Labute approximate surface area is 267 Å². The van der Waals surface area contributed by atoms with Gasteiger partial charge in [0.05, 0.1) is 43.7 Å². The molecule has 1 N–H and O–H groups in total. The zero-order valence-electron chi connectivity index (χ0n) is 26.4. The molecule has 0 aliphatic carbocycles. The first-order chi connectivity index (χ1) is 21.7. The zero-order valence-corrected chi connectivity index (χ0v) is 27.2. The number of aromatic nitrogens is 1. The average molecular weight is 637 g/mol. The lowest BCUT2D eigenvalue weighted by molar-refractivity contribution is -0.132. The fourth-order valence-corrected chi connectivity index (χ4v) is 5.81. The van der Waals surface area contributed by atoms with Crippen molar-refractivity contribution in [2.75, 3.05) is 31.3 Å². The first-order valence-electron chi connectivity index (χ1n) is 15.3. The van der Waals surface area contributed by atoms with Gasteiger partial charge in [-0.1, -0.05) is 44.1 Å². The molecule has 1 amide bonds. The van der Waals surface area contributed by atoms with Crippen LogP contribution in [0.1, 0.15) is 85.9 Å². The number of rotatable bonds is 15. The predicted octanol–water partition coefficient (Wildman–Crippen LogP) is 7.01. The number of unbranched alkanes of at least 4 members (excludes halogenated alkanes) is 2. The number of benzene rings is 2. The van der Waals surface area contributed by atoms with Crippen LogP contribution >= 0.6 is 11.3 Å². The number of esters is 1. The molecular weight excluding hydrogens is 596 g/mol. The molecule has 2 heterocycles.